The lowest BCUT2D eigenvalue weighted by Gasteiger charge is -2.10. The molecule has 26 heavy (non-hydrogen) atoms. The fourth-order valence-corrected chi connectivity index (χ4v) is 2.50. The second kappa shape index (κ2) is 7.48. The molecule has 2 aromatic heterocycles. The highest BCUT2D eigenvalue weighted by Gasteiger charge is 2.28. The van der Waals surface area contributed by atoms with Crippen LogP contribution in [0.4, 0.5) is 19.0 Å². The van der Waals surface area contributed by atoms with Gasteiger partial charge in [0, 0.05) is 10.9 Å². The summed E-state index contributed by atoms with van der Waals surface area (Å²) >= 11 is 1.29. The summed E-state index contributed by atoms with van der Waals surface area (Å²) < 4.78 is 41.4. The summed E-state index contributed by atoms with van der Waals surface area (Å²) in [7, 11) is 0. The van der Waals surface area contributed by atoms with Crippen LogP contribution in [0.15, 0.2) is 47.3 Å². The summed E-state index contributed by atoms with van der Waals surface area (Å²) in [6.45, 7) is -1.37. The molecule has 3 aromatic rings. The Labute approximate surface area is 149 Å². The molecule has 0 atom stereocenters. The molecule has 0 saturated carbocycles. The minimum Gasteiger partial charge on any atom is -0.484 e. The van der Waals surface area contributed by atoms with Crippen molar-refractivity contribution in [2.24, 2.45) is 0 Å². The molecule has 0 saturated heterocycles. The normalized spacial score (nSPS) is 11.2. The topological polar surface area (TPSA) is 77.0 Å². The molecule has 1 aromatic carbocycles. The smallest absolute Gasteiger partial charge is 0.422 e. The third kappa shape index (κ3) is 4.76. The van der Waals surface area contributed by atoms with E-state index in [9.17, 15) is 18.0 Å². The highest BCUT2D eigenvalue weighted by molar-refractivity contribution is 7.07. The monoisotopic (exact) mass is 380 g/mol. The number of rotatable bonds is 5. The molecule has 0 aliphatic carbocycles. The number of anilines is 1. The summed E-state index contributed by atoms with van der Waals surface area (Å²) in [4.78, 5) is 15.8. The van der Waals surface area contributed by atoms with Gasteiger partial charge in [0.1, 0.15) is 11.4 Å². The second-order valence-corrected chi connectivity index (χ2v) is 5.78. The molecule has 0 spiro atoms. The maximum absolute atomic E-state index is 12.2. The number of amides is 1. The minimum atomic E-state index is -4.41. The molecule has 1 N–H and O–H groups in total. The Morgan fingerprint density at radius 1 is 1.19 bits per heavy atom. The van der Waals surface area contributed by atoms with Crippen molar-refractivity contribution >= 4 is 23.1 Å². The number of aromatic nitrogens is 3. The Hall–Kier alpha value is -3.01. The summed E-state index contributed by atoms with van der Waals surface area (Å²) in [6.07, 6.45) is -4.41. The standard InChI is InChI=1S/C16H11F3N4O2S/c17-16(18,19)8-25-11-3-1-2-10(6-11)12-4-5-14(23-22-12)21-15(24)13-7-26-9-20-13/h1-7,9H,8H2,(H,21,23,24). The fraction of sp³-hybridized carbons (Fsp3) is 0.125. The molecular weight excluding hydrogens is 369 g/mol. The number of carbonyl (C=O) groups is 1. The molecular formula is C16H11F3N4O2S. The van der Waals surface area contributed by atoms with E-state index >= 15 is 0 Å². The number of thiazole rings is 1. The highest BCUT2D eigenvalue weighted by Crippen LogP contribution is 2.24. The van der Waals surface area contributed by atoms with Crippen molar-refractivity contribution in [3.63, 3.8) is 0 Å². The zero-order valence-electron chi connectivity index (χ0n) is 13.0. The van der Waals surface area contributed by atoms with Crippen LogP contribution in [0.2, 0.25) is 0 Å². The molecule has 0 unspecified atom stereocenters. The molecule has 10 heteroatoms. The van der Waals surface area contributed by atoms with Crippen molar-refractivity contribution < 1.29 is 22.7 Å². The average molecular weight is 380 g/mol. The summed E-state index contributed by atoms with van der Waals surface area (Å²) in [5.74, 6) is -0.102. The lowest BCUT2D eigenvalue weighted by Crippen LogP contribution is -2.19. The molecule has 2 heterocycles. The third-order valence-electron chi connectivity index (χ3n) is 3.10. The summed E-state index contributed by atoms with van der Waals surface area (Å²) in [5.41, 5.74) is 2.77. The molecule has 0 fully saturated rings. The Morgan fingerprint density at radius 3 is 2.69 bits per heavy atom. The summed E-state index contributed by atoms with van der Waals surface area (Å²) in [5, 5.41) is 12.0. The quantitative estimate of drug-likeness (QED) is 0.729. The van der Waals surface area contributed by atoms with Crippen LogP contribution >= 0.6 is 11.3 Å². The molecule has 1 amide bonds. The summed E-state index contributed by atoms with van der Waals surface area (Å²) in [6, 6.07) is 9.20. The molecule has 3 rings (SSSR count). The van der Waals surface area contributed by atoms with Gasteiger partial charge in [-0.15, -0.1) is 21.5 Å². The number of nitrogens with one attached hydrogen (secondary N) is 1. The maximum atomic E-state index is 12.2. The molecule has 0 radical (unpaired) electrons. The number of ether oxygens (including phenoxy) is 1. The number of carbonyl (C=O) groups excluding carboxylic acids is 1. The van der Waals surface area contributed by atoms with Crippen LogP contribution in [0.25, 0.3) is 11.3 Å². The molecule has 0 bridgehead atoms. The van der Waals surface area contributed by atoms with Gasteiger partial charge < -0.3 is 10.1 Å². The zero-order chi connectivity index (χ0) is 18.6. The van der Waals surface area contributed by atoms with E-state index in [0.29, 0.717) is 11.3 Å². The van der Waals surface area contributed by atoms with Crippen molar-refractivity contribution in [3.05, 3.63) is 53.0 Å². The van der Waals surface area contributed by atoms with Gasteiger partial charge in [0.25, 0.3) is 5.91 Å². The number of halogens is 3. The predicted octanol–water partition coefficient (Wildman–Crippen LogP) is 3.79. The Morgan fingerprint density at radius 2 is 2.04 bits per heavy atom. The predicted molar refractivity (Wildman–Crippen MR) is 89.1 cm³/mol. The van der Waals surface area contributed by atoms with Crippen molar-refractivity contribution in [1.29, 1.82) is 0 Å². The van der Waals surface area contributed by atoms with Crippen LogP contribution < -0.4 is 10.1 Å². The van der Waals surface area contributed by atoms with Crippen LogP contribution in [0.1, 0.15) is 10.5 Å². The number of benzene rings is 1. The van der Waals surface area contributed by atoms with E-state index in [2.05, 4.69) is 20.5 Å². The number of alkyl halides is 3. The SMILES string of the molecule is O=C(Nc1ccc(-c2cccc(OCC(F)(F)F)c2)nn1)c1cscn1. The Kier molecular flexibility index (Phi) is 5.12. The van der Waals surface area contributed by atoms with Crippen LogP contribution in [0.3, 0.4) is 0 Å². The Balaban J connectivity index is 1.69. The van der Waals surface area contributed by atoms with Crippen LogP contribution in [0, 0.1) is 0 Å². The van der Waals surface area contributed by atoms with E-state index in [1.54, 1.807) is 23.6 Å². The van der Waals surface area contributed by atoms with Crippen LogP contribution in [-0.4, -0.2) is 33.9 Å². The number of nitrogens with zero attached hydrogens (tertiary/aromatic N) is 3. The van der Waals surface area contributed by atoms with Gasteiger partial charge in [-0.3, -0.25) is 4.79 Å². The zero-order valence-corrected chi connectivity index (χ0v) is 13.8. The lowest BCUT2D eigenvalue weighted by atomic mass is 10.1. The van der Waals surface area contributed by atoms with Gasteiger partial charge in [-0.05, 0) is 24.3 Å². The van der Waals surface area contributed by atoms with E-state index in [0.717, 1.165) is 0 Å². The average Bonchev–Trinajstić information content (AvgIpc) is 3.15. The first-order valence-electron chi connectivity index (χ1n) is 7.24. The van der Waals surface area contributed by atoms with Gasteiger partial charge in [0.05, 0.1) is 11.2 Å². The van der Waals surface area contributed by atoms with E-state index < -0.39 is 18.7 Å². The number of hydrogen-bond acceptors (Lipinski definition) is 6. The maximum Gasteiger partial charge on any atom is 0.422 e. The first-order valence-corrected chi connectivity index (χ1v) is 8.18. The van der Waals surface area contributed by atoms with E-state index in [4.69, 9.17) is 4.74 Å². The van der Waals surface area contributed by atoms with Gasteiger partial charge in [-0.2, -0.15) is 13.2 Å². The second-order valence-electron chi connectivity index (χ2n) is 5.06. The first-order chi connectivity index (χ1) is 12.4. The van der Waals surface area contributed by atoms with Crippen molar-refractivity contribution in [3.8, 4) is 17.0 Å². The van der Waals surface area contributed by atoms with Crippen LogP contribution in [-0.2, 0) is 0 Å². The molecule has 134 valence electrons. The van der Waals surface area contributed by atoms with Crippen molar-refractivity contribution in [2.75, 3.05) is 11.9 Å². The molecule has 6 nitrogen and oxygen atoms in total. The fourth-order valence-electron chi connectivity index (χ4n) is 1.97. The van der Waals surface area contributed by atoms with Gasteiger partial charge in [0.15, 0.2) is 12.4 Å². The largest absolute Gasteiger partial charge is 0.484 e. The minimum absolute atomic E-state index is 0.0718. The Bertz CT molecular complexity index is 883. The van der Waals surface area contributed by atoms with E-state index in [1.165, 1.54) is 35.0 Å². The van der Waals surface area contributed by atoms with Crippen molar-refractivity contribution in [2.45, 2.75) is 6.18 Å². The third-order valence-corrected chi connectivity index (χ3v) is 3.69. The first kappa shape index (κ1) is 17.8. The van der Waals surface area contributed by atoms with E-state index in [1.807, 2.05) is 0 Å². The van der Waals surface area contributed by atoms with Gasteiger partial charge in [0.2, 0.25) is 0 Å². The van der Waals surface area contributed by atoms with Gasteiger partial charge in [-0.1, -0.05) is 12.1 Å². The van der Waals surface area contributed by atoms with Gasteiger partial charge in [-0.25, -0.2) is 4.98 Å². The van der Waals surface area contributed by atoms with Crippen LogP contribution in [0.5, 0.6) is 5.75 Å². The number of hydrogen-bond donors (Lipinski definition) is 1. The van der Waals surface area contributed by atoms with E-state index in [-0.39, 0.29) is 17.3 Å². The molecule has 0 aliphatic rings. The lowest BCUT2D eigenvalue weighted by molar-refractivity contribution is -0.153. The van der Waals surface area contributed by atoms with Gasteiger partial charge >= 0.3 is 6.18 Å². The van der Waals surface area contributed by atoms with Crippen molar-refractivity contribution in [1.82, 2.24) is 15.2 Å². The highest BCUT2D eigenvalue weighted by atomic mass is 32.1. The molecule has 0 aliphatic heterocycles.